The molecule has 0 fully saturated rings. The minimum absolute atomic E-state index is 0.106. The molecule has 0 aliphatic heterocycles. The summed E-state index contributed by atoms with van der Waals surface area (Å²) < 4.78 is 5.38. The number of hydrogen-bond acceptors (Lipinski definition) is 4. The number of nitrogens with one attached hydrogen (secondary N) is 1. The topological polar surface area (TPSA) is 55.4 Å². The van der Waals surface area contributed by atoms with Crippen molar-refractivity contribution in [3.8, 4) is 0 Å². The summed E-state index contributed by atoms with van der Waals surface area (Å²) in [5, 5.41) is 3.44. The highest BCUT2D eigenvalue weighted by molar-refractivity contribution is 9.11. The lowest BCUT2D eigenvalue weighted by Crippen LogP contribution is -2.13. The van der Waals surface area contributed by atoms with E-state index in [1.54, 1.807) is 6.07 Å². The minimum atomic E-state index is -0.377. The SMILES string of the molecule is COC(=O)CCC(=O)Nc1ccc(Br)s1. The van der Waals surface area contributed by atoms with E-state index in [-0.39, 0.29) is 24.7 Å². The van der Waals surface area contributed by atoms with Gasteiger partial charge in [-0.2, -0.15) is 0 Å². The van der Waals surface area contributed by atoms with Gasteiger partial charge in [0.25, 0.3) is 0 Å². The molecule has 4 nitrogen and oxygen atoms in total. The van der Waals surface area contributed by atoms with Gasteiger partial charge in [-0.25, -0.2) is 0 Å². The Hall–Kier alpha value is -0.880. The number of ether oxygens (including phenoxy) is 1. The summed E-state index contributed by atoms with van der Waals surface area (Å²) in [4.78, 5) is 22.1. The largest absolute Gasteiger partial charge is 0.469 e. The van der Waals surface area contributed by atoms with Gasteiger partial charge in [0.2, 0.25) is 5.91 Å². The number of hydrogen-bond donors (Lipinski definition) is 1. The van der Waals surface area contributed by atoms with E-state index in [4.69, 9.17) is 0 Å². The molecule has 1 amide bonds. The smallest absolute Gasteiger partial charge is 0.306 e. The highest BCUT2D eigenvalue weighted by atomic mass is 79.9. The third kappa shape index (κ3) is 4.44. The third-order valence-electron chi connectivity index (χ3n) is 1.62. The molecule has 1 heterocycles. The Morgan fingerprint density at radius 2 is 2.20 bits per heavy atom. The van der Waals surface area contributed by atoms with Crippen molar-refractivity contribution in [3.63, 3.8) is 0 Å². The number of carbonyl (C=O) groups is 2. The summed E-state index contributed by atoms with van der Waals surface area (Å²) in [6.07, 6.45) is 0.247. The maximum absolute atomic E-state index is 11.3. The number of methoxy groups -OCH3 is 1. The highest BCUT2D eigenvalue weighted by Gasteiger charge is 2.07. The van der Waals surface area contributed by atoms with Crippen LogP contribution in [0, 0.1) is 0 Å². The summed E-state index contributed by atoms with van der Waals surface area (Å²) in [5.74, 6) is -0.563. The van der Waals surface area contributed by atoms with Gasteiger partial charge >= 0.3 is 5.97 Å². The summed E-state index contributed by atoms with van der Waals surface area (Å²) >= 11 is 4.71. The van der Waals surface area contributed by atoms with Crippen molar-refractivity contribution in [2.45, 2.75) is 12.8 Å². The van der Waals surface area contributed by atoms with E-state index in [1.807, 2.05) is 6.07 Å². The molecule has 0 aliphatic rings. The first-order chi connectivity index (χ1) is 7.11. The number of carbonyl (C=O) groups excluding carboxylic acids is 2. The lowest BCUT2D eigenvalue weighted by molar-refractivity contribution is -0.141. The van der Waals surface area contributed by atoms with E-state index in [2.05, 4.69) is 26.0 Å². The number of anilines is 1. The fraction of sp³-hybridized carbons (Fsp3) is 0.333. The third-order valence-corrected chi connectivity index (χ3v) is 3.16. The van der Waals surface area contributed by atoms with Gasteiger partial charge in [-0.05, 0) is 28.1 Å². The molecule has 1 rings (SSSR count). The minimum Gasteiger partial charge on any atom is -0.469 e. The van der Waals surface area contributed by atoms with Crippen LogP contribution in [0.2, 0.25) is 0 Å². The summed E-state index contributed by atoms with van der Waals surface area (Å²) in [5.41, 5.74) is 0. The molecule has 82 valence electrons. The number of rotatable bonds is 4. The van der Waals surface area contributed by atoms with Gasteiger partial charge in [0.05, 0.1) is 22.3 Å². The number of halogens is 1. The maximum atomic E-state index is 11.3. The first-order valence-corrected chi connectivity index (χ1v) is 5.85. The van der Waals surface area contributed by atoms with Gasteiger partial charge in [0.1, 0.15) is 0 Å². The predicted molar refractivity (Wildman–Crippen MR) is 61.9 cm³/mol. The van der Waals surface area contributed by atoms with Crippen LogP contribution in [0.25, 0.3) is 0 Å². The summed E-state index contributed by atoms with van der Waals surface area (Å²) in [6.45, 7) is 0. The Labute approximate surface area is 99.8 Å². The summed E-state index contributed by atoms with van der Waals surface area (Å²) in [7, 11) is 1.30. The Morgan fingerprint density at radius 3 is 2.73 bits per heavy atom. The first kappa shape index (κ1) is 12.2. The molecule has 0 bridgehead atoms. The van der Waals surface area contributed by atoms with E-state index < -0.39 is 0 Å². The second-order valence-corrected chi connectivity index (χ2v) is 5.19. The monoisotopic (exact) mass is 291 g/mol. The predicted octanol–water partition coefficient (Wildman–Crippen LogP) is 2.40. The summed E-state index contributed by atoms with van der Waals surface area (Å²) in [6, 6.07) is 3.64. The van der Waals surface area contributed by atoms with Crippen molar-refractivity contribution < 1.29 is 14.3 Å². The van der Waals surface area contributed by atoms with Gasteiger partial charge in [-0.3, -0.25) is 9.59 Å². The van der Waals surface area contributed by atoms with Crippen molar-refractivity contribution in [2.75, 3.05) is 12.4 Å². The van der Waals surface area contributed by atoms with Crippen molar-refractivity contribution >= 4 is 44.1 Å². The Bertz CT molecular complexity index is 364. The molecule has 15 heavy (non-hydrogen) atoms. The van der Waals surface area contributed by atoms with Crippen molar-refractivity contribution in [1.29, 1.82) is 0 Å². The molecule has 1 aromatic rings. The Morgan fingerprint density at radius 1 is 1.47 bits per heavy atom. The van der Waals surface area contributed by atoms with Crippen LogP contribution in [0.3, 0.4) is 0 Å². The molecule has 0 atom stereocenters. The van der Waals surface area contributed by atoms with Gasteiger partial charge in [0, 0.05) is 6.42 Å². The maximum Gasteiger partial charge on any atom is 0.306 e. The molecule has 6 heteroatoms. The molecule has 0 aromatic carbocycles. The molecular weight excluding hydrogens is 282 g/mol. The second-order valence-electron chi connectivity index (χ2n) is 2.73. The molecular formula is C9H10BrNO3S. The van der Waals surface area contributed by atoms with E-state index in [0.717, 1.165) is 8.79 Å². The molecule has 0 unspecified atom stereocenters. The first-order valence-electron chi connectivity index (χ1n) is 4.24. The molecule has 1 aromatic heterocycles. The van der Waals surface area contributed by atoms with E-state index in [9.17, 15) is 9.59 Å². The molecule has 0 saturated carbocycles. The molecule has 0 radical (unpaired) electrons. The zero-order valence-corrected chi connectivity index (χ0v) is 10.5. The average Bonchev–Trinajstić information content (AvgIpc) is 2.60. The molecule has 1 N–H and O–H groups in total. The van der Waals surface area contributed by atoms with Crippen molar-refractivity contribution in [3.05, 3.63) is 15.9 Å². The molecule has 0 aliphatic carbocycles. The van der Waals surface area contributed by atoms with Crippen LogP contribution < -0.4 is 5.32 Å². The van der Waals surface area contributed by atoms with Crippen LogP contribution >= 0.6 is 27.3 Å². The average molecular weight is 292 g/mol. The van der Waals surface area contributed by atoms with Crippen molar-refractivity contribution in [2.24, 2.45) is 0 Å². The van der Waals surface area contributed by atoms with Crippen LogP contribution in [-0.4, -0.2) is 19.0 Å². The van der Waals surface area contributed by atoms with E-state index >= 15 is 0 Å². The Kier molecular flexibility index (Phi) is 4.77. The molecule has 0 saturated heterocycles. The highest BCUT2D eigenvalue weighted by Crippen LogP contribution is 2.26. The number of esters is 1. The zero-order chi connectivity index (χ0) is 11.3. The van der Waals surface area contributed by atoms with Gasteiger partial charge in [-0.15, -0.1) is 11.3 Å². The molecule has 0 spiro atoms. The van der Waals surface area contributed by atoms with Gasteiger partial charge in [0.15, 0.2) is 0 Å². The lowest BCUT2D eigenvalue weighted by Gasteiger charge is -2.01. The Balaban J connectivity index is 2.33. The lowest BCUT2D eigenvalue weighted by atomic mass is 10.3. The zero-order valence-electron chi connectivity index (χ0n) is 8.08. The van der Waals surface area contributed by atoms with E-state index in [1.165, 1.54) is 18.4 Å². The number of thiophene rings is 1. The van der Waals surface area contributed by atoms with Crippen molar-refractivity contribution in [1.82, 2.24) is 0 Å². The van der Waals surface area contributed by atoms with Crippen LogP contribution in [-0.2, 0) is 14.3 Å². The van der Waals surface area contributed by atoms with Gasteiger partial charge < -0.3 is 10.1 Å². The standard InChI is InChI=1S/C9H10BrNO3S/c1-14-9(13)5-3-7(12)11-8-4-2-6(10)15-8/h2,4H,3,5H2,1H3,(H,11,12). The second kappa shape index (κ2) is 5.87. The van der Waals surface area contributed by atoms with Crippen LogP contribution in [0.15, 0.2) is 15.9 Å². The van der Waals surface area contributed by atoms with Crippen LogP contribution in [0.1, 0.15) is 12.8 Å². The van der Waals surface area contributed by atoms with Crippen LogP contribution in [0.4, 0.5) is 5.00 Å². The fourth-order valence-electron chi connectivity index (χ4n) is 0.899. The van der Waals surface area contributed by atoms with Crippen LogP contribution in [0.5, 0.6) is 0 Å². The van der Waals surface area contributed by atoms with Gasteiger partial charge in [-0.1, -0.05) is 0 Å². The number of amides is 1. The quantitative estimate of drug-likeness (QED) is 0.867. The fourth-order valence-corrected chi connectivity index (χ4v) is 2.20. The van der Waals surface area contributed by atoms with E-state index in [0.29, 0.717) is 0 Å². The normalized spacial score (nSPS) is 9.73.